The van der Waals surface area contributed by atoms with Crippen LogP contribution < -0.4 is 10.6 Å². The third-order valence-electron chi connectivity index (χ3n) is 3.72. The van der Waals surface area contributed by atoms with Gasteiger partial charge in [-0.25, -0.2) is 0 Å². The molecule has 0 fully saturated rings. The Hall–Kier alpha value is -1.80. The van der Waals surface area contributed by atoms with Crippen LogP contribution in [0, 0.1) is 0 Å². The molecule has 0 aliphatic carbocycles. The Morgan fingerprint density at radius 2 is 1.62 bits per heavy atom. The Bertz CT molecular complexity index is 522. The van der Waals surface area contributed by atoms with E-state index < -0.39 is 0 Å². The first-order chi connectivity index (χ1) is 10.3. The number of rotatable bonds is 8. The topological polar surface area (TPSA) is 24.1 Å². The highest BCUT2D eigenvalue weighted by atomic mass is 15.0. The van der Waals surface area contributed by atoms with Crippen LogP contribution in [0.1, 0.15) is 25.0 Å². The van der Waals surface area contributed by atoms with Gasteiger partial charge in [-0.3, -0.25) is 0 Å². The zero-order chi connectivity index (χ0) is 14.9. The molecule has 112 valence electrons. The average molecular weight is 282 g/mol. The summed E-state index contributed by atoms with van der Waals surface area (Å²) in [5, 5.41) is 7.10. The van der Waals surface area contributed by atoms with Gasteiger partial charge in [0.05, 0.1) is 0 Å². The molecule has 0 heterocycles. The molecule has 2 nitrogen and oxygen atoms in total. The maximum Gasteiger partial charge on any atom is 0.0373 e. The van der Waals surface area contributed by atoms with Gasteiger partial charge in [-0.2, -0.15) is 0 Å². The van der Waals surface area contributed by atoms with Crippen molar-refractivity contribution in [2.24, 2.45) is 0 Å². The fourth-order valence-electron chi connectivity index (χ4n) is 2.56. The predicted molar refractivity (Wildman–Crippen MR) is 91.9 cm³/mol. The molecular weight excluding hydrogens is 256 g/mol. The van der Waals surface area contributed by atoms with E-state index in [1.165, 1.54) is 16.8 Å². The molecule has 0 saturated carbocycles. The summed E-state index contributed by atoms with van der Waals surface area (Å²) in [7, 11) is 0. The Morgan fingerprint density at radius 3 is 2.38 bits per heavy atom. The van der Waals surface area contributed by atoms with Gasteiger partial charge in [-0.1, -0.05) is 55.5 Å². The van der Waals surface area contributed by atoms with Crippen LogP contribution in [0.25, 0.3) is 0 Å². The zero-order valence-corrected chi connectivity index (χ0v) is 13.1. The van der Waals surface area contributed by atoms with Crippen LogP contribution in [-0.4, -0.2) is 19.1 Å². The molecule has 2 heteroatoms. The first-order valence-corrected chi connectivity index (χ1v) is 7.88. The van der Waals surface area contributed by atoms with Gasteiger partial charge in [0.1, 0.15) is 0 Å². The monoisotopic (exact) mass is 282 g/mol. The van der Waals surface area contributed by atoms with Crippen molar-refractivity contribution in [1.82, 2.24) is 5.32 Å². The molecule has 2 rings (SSSR count). The van der Waals surface area contributed by atoms with Crippen LogP contribution in [0.3, 0.4) is 0 Å². The molecule has 0 aromatic heterocycles. The summed E-state index contributed by atoms with van der Waals surface area (Å²) in [6.07, 6.45) is 2.15. The molecule has 1 atom stereocenters. The molecule has 2 aromatic rings. The van der Waals surface area contributed by atoms with E-state index in [1.807, 2.05) is 0 Å². The number of hydrogen-bond donors (Lipinski definition) is 2. The lowest BCUT2D eigenvalue weighted by Crippen LogP contribution is -2.32. The molecule has 0 amide bonds. The van der Waals surface area contributed by atoms with E-state index in [-0.39, 0.29) is 0 Å². The van der Waals surface area contributed by atoms with Gasteiger partial charge in [0, 0.05) is 24.8 Å². The van der Waals surface area contributed by atoms with Crippen molar-refractivity contribution in [3.63, 3.8) is 0 Å². The number of para-hydroxylation sites is 1. The standard InChI is InChI=1S/C19H26N2/c1-3-18-11-7-8-12-19(18)21-14-13-20-16(2)15-17-9-5-4-6-10-17/h4-12,16,20-21H,3,13-15H2,1-2H3. The van der Waals surface area contributed by atoms with Crippen molar-refractivity contribution < 1.29 is 0 Å². The number of hydrogen-bond acceptors (Lipinski definition) is 2. The van der Waals surface area contributed by atoms with Crippen LogP contribution in [0.2, 0.25) is 0 Å². The minimum atomic E-state index is 0.496. The first kappa shape index (κ1) is 15.6. The van der Waals surface area contributed by atoms with Gasteiger partial charge in [0.15, 0.2) is 0 Å². The fourth-order valence-corrected chi connectivity index (χ4v) is 2.56. The van der Waals surface area contributed by atoms with Crippen molar-refractivity contribution in [2.75, 3.05) is 18.4 Å². The van der Waals surface area contributed by atoms with E-state index in [0.717, 1.165) is 25.9 Å². The molecule has 0 spiro atoms. The van der Waals surface area contributed by atoms with Gasteiger partial charge in [-0.15, -0.1) is 0 Å². The smallest absolute Gasteiger partial charge is 0.0373 e. The second-order valence-corrected chi connectivity index (χ2v) is 5.48. The highest BCUT2D eigenvalue weighted by molar-refractivity contribution is 5.50. The van der Waals surface area contributed by atoms with Crippen LogP contribution in [0.5, 0.6) is 0 Å². The number of anilines is 1. The van der Waals surface area contributed by atoms with Gasteiger partial charge < -0.3 is 10.6 Å². The molecule has 1 unspecified atom stereocenters. The summed E-state index contributed by atoms with van der Waals surface area (Å²) >= 11 is 0. The van der Waals surface area contributed by atoms with Crippen molar-refractivity contribution in [2.45, 2.75) is 32.7 Å². The minimum Gasteiger partial charge on any atom is -0.384 e. The number of nitrogens with one attached hydrogen (secondary N) is 2. The Morgan fingerprint density at radius 1 is 0.905 bits per heavy atom. The third kappa shape index (κ3) is 5.24. The summed E-state index contributed by atoms with van der Waals surface area (Å²) in [6.45, 7) is 6.37. The summed E-state index contributed by atoms with van der Waals surface area (Å²) in [5.74, 6) is 0. The summed E-state index contributed by atoms with van der Waals surface area (Å²) < 4.78 is 0. The van der Waals surface area contributed by atoms with Gasteiger partial charge >= 0.3 is 0 Å². The van der Waals surface area contributed by atoms with Crippen LogP contribution in [0.15, 0.2) is 54.6 Å². The lowest BCUT2D eigenvalue weighted by Gasteiger charge is -2.15. The quantitative estimate of drug-likeness (QED) is 0.718. The molecule has 0 radical (unpaired) electrons. The molecule has 21 heavy (non-hydrogen) atoms. The molecule has 0 saturated heterocycles. The van der Waals surface area contributed by atoms with Gasteiger partial charge in [0.2, 0.25) is 0 Å². The molecule has 0 aliphatic heterocycles. The van der Waals surface area contributed by atoms with E-state index in [0.29, 0.717) is 6.04 Å². The average Bonchev–Trinajstić information content (AvgIpc) is 2.53. The normalized spacial score (nSPS) is 12.1. The van der Waals surface area contributed by atoms with E-state index in [1.54, 1.807) is 0 Å². The van der Waals surface area contributed by atoms with Crippen molar-refractivity contribution in [1.29, 1.82) is 0 Å². The molecule has 0 aliphatic rings. The molecule has 2 N–H and O–H groups in total. The summed E-state index contributed by atoms with van der Waals surface area (Å²) in [6, 6.07) is 19.7. The highest BCUT2D eigenvalue weighted by Gasteiger charge is 2.02. The van der Waals surface area contributed by atoms with E-state index >= 15 is 0 Å². The lowest BCUT2D eigenvalue weighted by atomic mass is 10.1. The zero-order valence-electron chi connectivity index (χ0n) is 13.1. The van der Waals surface area contributed by atoms with Crippen LogP contribution in [0.4, 0.5) is 5.69 Å². The SMILES string of the molecule is CCc1ccccc1NCCNC(C)Cc1ccccc1. The molecular formula is C19H26N2. The molecule has 0 bridgehead atoms. The Balaban J connectivity index is 1.70. The van der Waals surface area contributed by atoms with Crippen LogP contribution in [-0.2, 0) is 12.8 Å². The van der Waals surface area contributed by atoms with Crippen molar-refractivity contribution in [3.05, 3.63) is 65.7 Å². The van der Waals surface area contributed by atoms with Crippen molar-refractivity contribution in [3.8, 4) is 0 Å². The van der Waals surface area contributed by atoms with E-state index in [4.69, 9.17) is 0 Å². The van der Waals surface area contributed by atoms with E-state index in [2.05, 4.69) is 79.1 Å². The van der Waals surface area contributed by atoms with Crippen molar-refractivity contribution >= 4 is 5.69 Å². The third-order valence-corrected chi connectivity index (χ3v) is 3.72. The summed E-state index contributed by atoms with van der Waals surface area (Å²) in [5.41, 5.74) is 4.04. The largest absolute Gasteiger partial charge is 0.384 e. The van der Waals surface area contributed by atoms with Gasteiger partial charge in [-0.05, 0) is 37.0 Å². The number of benzene rings is 2. The second kappa shape index (κ2) is 8.48. The Kier molecular flexibility index (Phi) is 6.29. The maximum absolute atomic E-state index is 3.58. The predicted octanol–water partition coefficient (Wildman–Crippen LogP) is 3.88. The van der Waals surface area contributed by atoms with E-state index in [9.17, 15) is 0 Å². The highest BCUT2D eigenvalue weighted by Crippen LogP contribution is 2.14. The minimum absolute atomic E-state index is 0.496. The first-order valence-electron chi connectivity index (χ1n) is 7.88. The second-order valence-electron chi connectivity index (χ2n) is 5.48. The Labute approximate surface area is 128 Å². The van der Waals surface area contributed by atoms with Crippen LogP contribution >= 0.6 is 0 Å². The molecule has 2 aromatic carbocycles. The van der Waals surface area contributed by atoms with Gasteiger partial charge in [0.25, 0.3) is 0 Å². The maximum atomic E-state index is 3.58. The number of aryl methyl sites for hydroxylation is 1. The summed E-state index contributed by atoms with van der Waals surface area (Å²) in [4.78, 5) is 0. The fraction of sp³-hybridized carbons (Fsp3) is 0.368. The lowest BCUT2D eigenvalue weighted by molar-refractivity contribution is 0.557.